The van der Waals surface area contributed by atoms with Crippen molar-refractivity contribution >= 4 is 11.9 Å². The highest BCUT2D eigenvalue weighted by Gasteiger charge is 2.41. The van der Waals surface area contributed by atoms with Crippen molar-refractivity contribution in [1.29, 1.82) is 0 Å². The fraction of sp³-hybridized carbons (Fsp3) is 0.533. The van der Waals surface area contributed by atoms with E-state index in [4.69, 9.17) is 0 Å². The Bertz CT molecular complexity index is 534. The van der Waals surface area contributed by atoms with E-state index in [-0.39, 0.29) is 5.91 Å². The lowest BCUT2D eigenvalue weighted by molar-refractivity contribution is -0.145. The van der Waals surface area contributed by atoms with Gasteiger partial charge in [-0.3, -0.25) is 9.78 Å². The molecule has 1 amide bonds. The Morgan fingerprint density at radius 1 is 1.20 bits per heavy atom. The van der Waals surface area contributed by atoms with Gasteiger partial charge in [-0.2, -0.15) is 0 Å². The normalized spacial score (nSPS) is 17.5. The summed E-state index contributed by atoms with van der Waals surface area (Å²) < 4.78 is 0. The molecule has 1 heterocycles. The van der Waals surface area contributed by atoms with Gasteiger partial charge >= 0.3 is 5.97 Å². The Hall–Kier alpha value is -1.91. The summed E-state index contributed by atoms with van der Waals surface area (Å²) in [5, 5.41) is 12.2. The molecule has 0 aliphatic heterocycles. The van der Waals surface area contributed by atoms with Crippen molar-refractivity contribution in [1.82, 2.24) is 10.3 Å². The van der Waals surface area contributed by atoms with Crippen molar-refractivity contribution in [2.75, 3.05) is 0 Å². The summed E-state index contributed by atoms with van der Waals surface area (Å²) in [5.74, 6) is -1.29. The minimum Gasteiger partial charge on any atom is -0.480 e. The molecule has 0 bridgehead atoms. The third-order valence-electron chi connectivity index (χ3n) is 3.94. The highest BCUT2D eigenvalue weighted by molar-refractivity contribution is 5.98. The third-order valence-corrected chi connectivity index (χ3v) is 3.94. The molecule has 0 unspecified atom stereocenters. The summed E-state index contributed by atoms with van der Waals surface area (Å²) in [7, 11) is 0. The summed E-state index contributed by atoms with van der Waals surface area (Å²) in [4.78, 5) is 28.1. The number of aromatic nitrogens is 1. The van der Waals surface area contributed by atoms with E-state index >= 15 is 0 Å². The number of amides is 1. The Morgan fingerprint density at radius 2 is 1.85 bits per heavy atom. The molecule has 20 heavy (non-hydrogen) atoms. The standard InChI is InChI=1S/C15H20N2O3/c1-10-6-7-12(11(2)16-10)13(18)17-15(14(19)20)8-4-3-5-9-15/h6-7H,3-5,8-9H2,1-2H3,(H,17,18)(H,19,20). The van der Waals surface area contributed by atoms with Crippen molar-refractivity contribution in [2.24, 2.45) is 0 Å². The maximum absolute atomic E-state index is 12.3. The summed E-state index contributed by atoms with van der Waals surface area (Å²) in [6, 6.07) is 3.46. The van der Waals surface area contributed by atoms with Crippen LogP contribution in [0.3, 0.4) is 0 Å². The first kappa shape index (κ1) is 14.5. The predicted molar refractivity (Wildman–Crippen MR) is 74.6 cm³/mol. The maximum Gasteiger partial charge on any atom is 0.329 e. The van der Waals surface area contributed by atoms with Gasteiger partial charge in [0.15, 0.2) is 0 Å². The zero-order valence-electron chi connectivity index (χ0n) is 11.9. The van der Waals surface area contributed by atoms with Crippen LogP contribution in [0.4, 0.5) is 0 Å². The molecule has 1 aliphatic carbocycles. The molecule has 1 saturated carbocycles. The number of carbonyl (C=O) groups is 2. The highest BCUT2D eigenvalue weighted by atomic mass is 16.4. The van der Waals surface area contributed by atoms with Crippen LogP contribution in [0.5, 0.6) is 0 Å². The van der Waals surface area contributed by atoms with E-state index < -0.39 is 11.5 Å². The average Bonchev–Trinajstić information content (AvgIpc) is 2.39. The Balaban J connectivity index is 2.22. The second kappa shape index (κ2) is 5.61. The van der Waals surface area contributed by atoms with Gasteiger partial charge in [-0.1, -0.05) is 19.3 Å². The predicted octanol–water partition coefficient (Wildman–Crippen LogP) is 2.22. The van der Waals surface area contributed by atoms with E-state index in [1.54, 1.807) is 19.1 Å². The lowest BCUT2D eigenvalue weighted by Gasteiger charge is -2.34. The Morgan fingerprint density at radius 3 is 2.40 bits per heavy atom. The zero-order chi connectivity index (χ0) is 14.8. The number of hydrogen-bond acceptors (Lipinski definition) is 3. The third kappa shape index (κ3) is 2.81. The molecule has 1 aromatic heterocycles. The van der Waals surface area contributed by atoms with Crippen LogP contribution in [-0.4, -0.2) is 27.5 Å². The van der Waals surface area contributed by atoms with Crippen molar-refractivity contribution < 1.29 is 14.7 Å². The van der Waals surface area contributed by atoms with Gasteiger partial charge in [0.1, 0.15) is 5.54 Å². The lowest BCUT2D eigenvalue weighted by atomic mass is 9.81. The van der Waals surface area contributed by atoms with Crippen molar-refractivity contribution in [3.63, 3.8) is 0 Å². The van der Waals surface area contributed by atoms with Gasteiger partial charge in [0.05, 0.1) is 11.3 Å². The van der Waals surface area contributed by atoms with Gasteiger partial charge < -0.3 is 10.4 Å². The molecule has 0 aromatic carbocycles. The van der Waals surface area contributed by atoms with Crippen LogP contribution in [0.2, 0.25) is 0 Å². The molecular formula is C15H20N2O3. The number of carbonyl (C=O) groups excluding carboxylic acids is 1. The quantitative estimate of drug-likeness (QED) is 0.887. The number of rotatable bonds is 3. The minimum absolute atomic E-state index is 0.348. The van der Waals surface area contributed by atoms with Gasteiger partial charge in [0.2, 0.25) is 0 Å². The second-order valence-electron chi connectivity index (χ2n) is 5.49. The number of carboxylic acids is 1. The van der Waals surface area contributed by atoms with Crippen molar-refractivity contribution in [2.45, 2.75) is 51.5 Å². The monoisotopic (exact) mass is 276 g/mol. The van der Waals surface area contributed by atoms with Gasteiger partial charge in [0, 0.05) is 5.69 Å². The van der Waals surface area contributed by atoms with Crippen LogP contribution < -0.4 is 5.32 Å². The highest BCUT2D eigenvalue weighted by Crippen LogP contribution is 2.29. The summed E-state index contributed by atoms with van der Waals surface area (Å²) in [6.07, 6.45) is 3.67. The van der Waals surface area contributed by atoms with Crippen LogP contribution in [0, 0.1) is 13.8 Å². The average molecular weight is 276 g/mol. The molecular weight excluding hydrogens is 256 g/mol. The minimum atomic E-state index is -1.12. The molecule has 0 atom stereocenters. The van der Waals surface area contributed by atoms with E-state index in [2.05, 4.69) is 10.3 Å². The molecule has 1 aromatic rings. The smallest absolute Gasteiger partial charge is 0.329 e. The molecule has 0 spiro atoms. The number of nitrogens with one attached hydrogen (secondary N) is 1. The number of nitrogens with zero attached hydrogens (tertiary/aromatic N) is 1. The number of hydrogen-bond donors (Lipinski definition) is 2. The van der Waals surface area contributed by atoms with E-state index in [1.165, 1.54) is 0 Å². The van der Waals surface area contributed by atoms with Gasteiger partial charge in [-0.05, 0) is 38.8 Å². The van der Waals surface area contributed by atoms with Crippen LogP contribution in [0.1, 0.15) is 53.8 Å². The number of carboxylic acid groups (broad SMARTS) is 1. The fourth-order valence-electron chi connectivity index (χ4n) is 2.76. The van der Waals surface area contributed by atoms with E-state index in [1.807, 2.05) is 6.92 Å². The van der Waals surface area contributed by atoms with Gasteiger partial charge in [0.25, 0.3) is 5.91 Å². The van der Waals surface area contributed by atoms with Crippen LogP contribution in [-0.2, 0) is 4.79 Å². The van der Waals surface area contributed by atoms with E-state index in [9.17, 15) is 14.7 Å². The largest absolute Gasteiger partial charge is 0.480 e. The first-order valence-electron chi connectivity index (χ1n) is 6.95. The van der Waals surface area contributed by atoms with E-state index in [0.29, 0.717) is 24.1 Å². The molecule has 2 rings (SSSR count). The summed E-state index contributed by atoms with van der Waals surface area (Å²) in [6.45, 7) is 3.62. The topological polar surface area (TPSA) is 79.3 Å². The molecule has 1 fully saturated rings. The van der Waals surface area contributed by atoms with Crippen molar-refractivity contribution in [3.05, 3.63) is 29.1 Å². The molecule has 5 heteroatoms. The molecule has 0 saturated heterocycles. The molecule has 108 valence electrons. The zero-order valence-corrected chi connectivity index (χ0v) is 11.9. The first-order chi connectivity index (χ1) is 9.44. The van der Waals surface area contributed by atoms with Gasteiger partial charge in [-0.25, -0.2) is 4.79 Å². The summed E-state index contributed by atoms with van der Waals surface area (Å²) in [5.41, 5.74) is 0.789. The fourth-order valence-corrected chi connectivity index (χ4v) is 2.76. The number of aliphatic carboxylic acids is 1. The van der Waals surface area contributed by atoms with Gasteiger partial charge in [-0.15, -0.1) is 0 Å². The van der Waals surface area contributed by atoms with Crippen LogP contribution in [0.25, 0.3) is 0 Å². The number of aryl methyl sites for hydroxylation is 2. The van der Waals surface area contributed by atoms with Crippen LogP contribution >= 0.6 is 0 Å². The maximum atomic E-state index is 12.3. The molecule has 2 N–H and O–H groups in total. The van der Waals surface area contributed by atoms with E-state index in [0.717, 1.165) is 25.0 Å². The molecule has 0 radical (unpaired) electrons. The summed E-state index contributed by atoms with van der Waals surface area (Å²) >= 11 is 0. The van der Waals surface area contributed by atoms with Crippen LogP contribution in [0.15, 0.2) is 12.1 Å². The SMILES string of the molecule is Cc1ccc(C(=O)NC2(C(=O)O)CCCCC2)c(C)n1. The Labute approximate surface area is 118 Å². The number of pyridine rings is 1. The van der Waals surface area contributed by atoms with Crippen molar-refractivity contribution in [3.8, 4) is 0 Å². The molecule has 5 nitrogen and oxygen atoms in total. The first-order valence-corrected chi connectivity index (χ1v) is 6.95. The second-order valence-corrected chi connectivity index (χ2v) is 5.49. The Kier molecular flexibility index (Phi) is 4.06. The molecule has 1 aliphatic rings. The lowest BCUT2D eigenvalue weighted by Crippen LogP contribution is -2.55.